The SMILES string of the molecule is Cc1ccc(S(=O)n2ccc3nc(NNC=O)cnc32)cc1. The molecule has 112 valence electrons. The Labute approximate surface area is 128 Å². The number of aromatic nitrogens is 3. The first kappa shape index (κ1) is 14.2. The molecule has 1 atom stereocenters. The molecule has 1 unspecified atom stereocenters. The van der Waals surface area contributed by atoms with Crippen LogP contribution in [0.3, 0.4) is 0 Å². The smallest absolute Gasteiger partial charge is 0.225 e. The van der Waals surface area contributed by atoms with Gasteiger partial charge in [0, 0.05) is 6.20 Å². The summed E-state index contributed by atoms with van der Waals surface area (Å²) >= 11 is 0. The van der Waals surface area contributed by atoms with Crippen LogP contribution in [0.2, 0.25) is 0 Å². The highest BCUT2D eigenvalue weighted by atomic mass is 32.2. The van der Waals surface area contributed by atoms with E-state index in [4.69, 9.17) is 0 Å². The second kappa shape index (κ2) is 5.94. The number of rotatable bonds is 5. The van der Waals surface area contributed by atoms with Crippen LogP contribution in [0.4, 0.5) is 5.82 Å². The molecule has 0 aliphatic rings. The van der Waals surface area contributed by atoms with Crippen molar-refractivity contribution in [3.05, 3.63) is 48.3 Å². The van der Waals surface area contributed by atoms with Crippen LogP contribution in [0.25, 0.3) is 11.2 Å². The minimum Gasteiger partial charge on any atom is -0.281 e. The Morgan fingerprint density at radius 2 is 2.00 bits per heavy atom. The topological polar surface area (TPSA) is 88.9 Å². The number of anilines is 1. The van der Waals surface area contributed by atoms with Gasteiger partial charge in [0.1, 0.15) is 5.52 Å². The van der Waals surface area contributed by atoms with Crippen LogP contribution in [0.5, 0.6) is 0 Å². The molecule has 22 heavy (non-hydrogen) atoms. The standard InChI is InChI=1S/C14H13N5O2S/c1-10-2-4-11(5-3-10)22(21)19-7-6-12-14(19)15-8-13(17-12)18-16-9-20/h2-9H,1H3,(H,16,20)(H,17,18). The van der Waals surface area contributed by atoms with Gasteiger partial charge in [-0.25, -0.2) is 18.1 Å². The van der Waals surface area contributed by atoms with Crippen molar-refractivity contribution in [2.45, 2.75) is 11.8 Å². The predicted octanol–water partition coefficient (Wildman–Crippen LogP) is 1.38. The molecule has 0 aliphatic carbocycles. The third-order valence-corrected chi connectivity index (χ3v) is 4.34. The molecule has 2 aromatic heterocycles. The van der Waals surface area contributed by atoms with E-state index in [0.717, 1.165) is 5.56 Å². The first-order valence-corrected chi connectivity index (χ1v) is 7.58. The van der Waals surface area contributed by atoms with Gasteiger partial charge in [0.15, 0.2) is 22.5 Å². The van der Waals surface area contributed by atoms with Crippen molar-refractivity contribution in [1.29, 1.82) is 0 Å². The van der Waals surface area contributed by atoms with E-state index in [2.05, 4.69) is 20.8 Å². The molecule has 3 rings (SSSR count). The van der Waals surface area contributed by atoms with E-state index in [9.17, 15) is 9.00 Å². The van der Waals surface area contributed by atoms with Crippen LogP contribution in [-0.2, 0) is 15.8 Å². The largest absolute Gasteiger partial charge is 0.281 e. The summed E-state index contributed by atoms with van der Waals surface area (Å²) in [6.45, 7) is 1.98. The van der Waals surface area contributed by atoms with Gasteiger partial charge in [-0.2, -0.15) is 0 Å². The van der Waals surface area contributed by atoms with Gasteiger partial charge in [0.2, 0.25) is 6.41 Å². The second-order valence-corrected chi connectivity index (χ2v) is 5.92. The fourth-order valence-corrected chi connectivity index (χ4v) is 3.02. The average Bonchev–Trinajstić information content (AvgIpc) is 2.96. The lowest BCUT2D eigenvalue weighted by Gasteiger charge is -2.06. The molecule has 1 amide bonds. The Bertz CT molecular complexity index is 844. The van der Waals surface area contributed by atoms with Crippen LogP contribution in [0.15, 0.2) is 47.6 Å². The van der Waals surface area contributed by atoms with Crippen molar-refractivity contribution < 1.29 is 9.00 Å². The summed E-state index contributed by atoms with van der Waals surface area (Å²) in [7, 11) is -1.39. The lowest BCUT2D eigenvalue weighted by Crippen LogP contribution is -2.19. The maximum absolute atomic E-state index is 12.6. The van der Waals surface area contributed by atoms with Gasteiger partial charge in [0.25, 0.3) is 0 Å². The Morgan fingerprint density at radius 3 is 2.73 bits per heavy atom. The third-order valence-electron chi connectivity index (χ3n) is 3.02. The average molecular weight is 315 g/mol. The summed E-state index contributed by atoms with van der Waals surface area (Å²) in [5, 5.41) is 0. The van der Waals surface area contributed by atoms with Gasteiger partial charge in [0.05, 0.1) is 11.1 Å². The highest BCUT2D eigenvalue weighted by molar-refractivity contribution is 7.83. The number of hydrogen-bond acceptors (Lipinski definition) is 5. The number of amides is 1. The first-order chi connectivity index (χ1) is 10.7. The Hall–Kier alpha value is -2.74. The first-order valence-electron chi connectivity index (χ1n) is 6.47. The van der Waals surface area contributed by atoms with E-state index in [-0.39, 0.29) is 0 Å². The molecule has 0 fully saturated rings. The molecule has 2 N–H and O–H groups in total. The summed E-state index contributed by atoms with van der Waals surface area (Å²) in [5.74, 6) is 0.401. The van der Waals surface area contributed by atoms with Crippen LogP contribution in [0, 0.1) is 6.92 Å². The zero-order chi connectivity index (χ0) is 15.5. The van der Waals surface area contributed by atoms with E-state index >= 15 is 0 Å². The van der Waals surface area contributed by atoms with E-state index in [1.54, 1.807) is 16.2 Å². The minimum absolute atomic E-state index is 0.401. The summed E-state index contributed by atoms with van der Waals surface area (Å²) in [5.41, 5.74) is 7.08. The van der Waals surface area contributed by atoms with E-state index < -0.39 is 11.0 Å². The number of benzene rings is 1. The molecule has 0 saturated carbocycles. The van der Waals surface area contributed by atoms with Crippen LogP contribution < -0.4 is 10.9 Å². The van der Waals surface area contributed by atoms with Crippen molar-refractivity contribution in [3.8, 4) is 0 Å². The number of hydrogen-bond donors (Lipinski definition) is 2. The van der Waals surface area contributed by atoms with Gasteiger partial charge in [-0.3, -0.25) is 15.6 Å². The molecule has 0 saturated heterocycles. The van der Waals surface area contributed by atoms with E-state index in [1.165, 1.54) is 6.20 Å². The minimum atomic E-state index is -1.39. The molecular weight excluding hydrogens is 302 g/mol. The zero-order valence-electron chi connectivity index (χ0n) is 11.7. The third kappa shape index (κ3) is 2.68. The van der Waals surface area contributed by atoms with Crippen LogP contribution >= 0.6 is 0 Å². The van der Waals surface area contributed by atoms with Crippen molar-refractivity contribution >= 4 is 34.4 Å². The quantitative estimate of drug-likeness (QED) is 0.548. The molecule has 2 heterocycles. The maximum Gasteiger partial charge on any atom is 0.225 e. The number of fused-ring (bicyclic) bond motifs is 1. The maximum atomic E-state index is 12.6. The summed E-state index contributed by atoms with van der Waals surface area (Å²) in [6, 6.07) is 9.21. The Morgan fingerprint density at radius 1 is 1.23 bits per heavy atom. The number of carbonyl (C=O) groups excluding carboxylic acids is 1. The van der Waals surface area contributed by atoms with Gasteiger partial charge in [-0.05, 0) is 25.1 Å². The van der Waals surface area contributed by atoms with Crippen molar-refractivity contribution in [1.82, 2.24) is 19.4 Å². The number of aryl methyl sites for hydroxylation is 1. The molecule has 0 aliphatic heterocycles. The van der Waals surface area contributed by atoms with Crippen LogP contribution in [0.1, 0.15) is 5.56 Å². The van der Waals surface area contributed by atoms with Crippen molar-refractivity contribution in [2.75, 3.05) is 5.43 Å². The number of nitrogens with one attached hydrogen (secondary N) is 2. The molecule has 0 bridgehead atoms. The van der Waals surface area contributed by atoms with Gasteiger partial charge >= 0.3 is 0 Å². The molecule has 7 nitrogen and oxygen atoms in total. The highest BCUT2D eigenvalue weighted by Gasteiger charge is 2.12. The normalized spacial score (nSPS) is 12.0. The molecular formula is C14H13N5O2S. The lowest BCUT2D eigenvalue weighted by molar-refractivity contribution is -0.109. The predicted molar refractivity (Wildman–Crippen MR) is 83.3 cm³/mol. The molecule has 3 aromatic rings. The van der Waals surface area contributed by atoms with Gasteiger partial charge in [-0.1, -0.05) is 17.7 Å². The summed E-state index contributed by atoms with van der Waals surface area (Å²) in [6.07, 6.45) is 3.64. The molecule has 0 radical (unpaired) electrons. The number of hydrazine groups is 1. The number of carbonyl (C=O) groups is 1. The van der Waals surface area contributed by atoms with Crippen LogP contribution in [-0.4, -0.2) is 24.6 Å². The zero-order valence-corrected chi connectivity index (χ0v) is 12.5. The van der Waals surface area contributed by atoms with Crippen molar-refractivity contribution in [3.63, 3.8) is 0 Å². The molecule has 8 heteroatoms. The van der Waals surface area contributed by atoms with Gasteiger partial charge < -0.3 is 0 Å². The number of nitrogens with zero attached hydrogens (tertiary/aromatic N) is 3. The monoisotopic (exact) mass is 315 g/mol. The summed E-state index contributed by atoms with van der Waals surface area (Å²) in [4.78, 5) is 19.5. The lowest BCUT2D eigenvalue weighted by atomic mass is 10.2. The fraction of sp³-hybridized carbons (Fsp3) is 0.0714. The highest BCUT2D eigenvalue weighted by Crippen LogP contribution is 2.18. The second-order valence-electron chi connectivity index (χ2n) is 4.56. The Balaban J connectivity index is 1.95. The van der Waals surface area contributed by atoms with Gasteiger partial charge in [-0.15, -0.1) is 0 Å². The van der Waals surface area contributed by atoms with Crippen molar-refractivity contribution in [2.24, 2.45) is 0 Å². The summed E-state index contributed by atoms with van der Waals surface area (Å²) < 4.78 is 14.2. The molecule has 0 spiro atoms. The van der Waals surface area contributed by atoms with E-state index in [0.29, 0.717) is 28.3 Å². The fourth-order valence-electron chi connectivity index (χ4n) is 1.95. The van der Waals surface area contributed by atoms with E-state index in [1.807, 2.05) is 31.2 Å². The molecule has 1 aromatic carbocycles. The Kier molecular flexibility index (Phi) is 3.84.